The normalized spacial score (nSPS) is 11.7. The van der Waals surface area contributed by atoms with Gasteiger partial charge in [0.25, 0.3) is 0 Å². The molecule has 0 aliphatic rings. The van der Waals surface area contributed by atoms with Crippen molar-refractivity contribution in [1.82, 2.24) is 24.8 Å². The average molecular weight is 514 g/mol. The van der Waals surface area contributed by atoms with E-state index in [1.54, 1.807) is 30.5 Å². The number of nitrogens with two attached hydrogens (primary N) is 2. The van der Waals surface area contributed by atoms with Gasteiger partial charge in [0.1, 0.15) is 16.8 Å². The van der Waals surface area contributed by atoms with Gasteiger partial charge in [-0.15, -0.1) is 0 Å². The van der Waals surface area contributed by atoms with E-state index in [0.29, 0.717) is 54.6 Å². The Hall–Kier alpha value is -5.13. The minimum Gasteiger partial charge on any atom is -0.508 e. The highest BCUT2D eigenvalue weighted by atomic mass is 16.6. The zero-order chi connectivity index (χ0) is 26.5. The first-order chi connectivity index (χ1) is 18.5. The summed E-state index contributed by atoms with van der Waals surface area (Å²) in [6.07, 6.45) is 2.32. The number of ether oxygens (including phenoxy) is 1. The Labute approximate surface area is 218 Å². The predicted octanol–water partition coefficient (Wildman–Crippen LogP) is 3.65. The molecule has 0 spiro atoms. The number of fused-ring (bicyclic) bond motifs is 1. The number of nitrogen functional groups attached to an aromatic ring is 1. The molecule has 38 heavy (non-hydrogen) atoms. The molecule has 3 aromatic heterocycles. The lowest BCUT2D eigenvalue weighted by atomic mass is 10.1. The van der Waals surface area contributed by atoms with Crippen molar-refractivity contribution in [3.8, 4) is 34.3 Å². The lowest BCUT2D eigenvalue weighted by Crippen LogP contribution is -2.23. The second-order valence-electron chi connectivity index (χ2n) is 8.35. The van der Waals surface area contributed by atoms with Crippen LogP contribution in [0.25, 0.3) is 33.8 Å². The van der Waals surface area contributed by atoms with Gasteiger partial charge in [-0.05, 0) is 41.5 Å². The molecule has 0 saturated carbocycles. The summed E-state index contributed by atoms with van der Waals surface area (Å²) in [5.41, 5.74) is 16.1. The summed E-state index contributed by atoms with van der Waals surface area (Å²) in [6.45, 7) is 3.42. The maximum atomic E-state index is 9.39. The zero-order valence-electron chi connectivity index (χ0n) is 20.7. The Bertz CT molecular complexity index is 1560. The predicted molar refractivity (Wildman–Crippen MR) is 145 cm³/mol. The summed E-state index contributed by atoms with van der Waals surface area (Å²) in [4.78, 5) is 13.9. The number of rotatable bonds is 9. The van der Waals surface area contributed by atoms with E-state index in [4.69, 9.17) is 25.8 Å². The first kappa shape index (κ1) is 24.6. The van der Waals surface area contributed by atoms with Gasteiger partial charge in [-0.25, -0.2) is 14.6 Å². The van der Waals surface area contributed by atoms with Crippen LogP contribution < -0.4 is 21.5 Å². The summed E-state index contributed by atoms with van der Waals surface area (Å²) >= 11 is 0. The van der Waals surface area contributed by atoms with E-state index in [9.17, 15) is 5.11 Å². The van der Waals surface area contributed by atoms with Crippen LogP contribution in [0.2, 0.25) is 0 Å². The van der Waals surface area contributed by atoms with Gasteiger partial charge in [-0.1, -0.05) is 30.3 Å². The average Bonchev–Trinajstić information content (AvgIpc) is 3.53. The fraction of sp³-hybridized carbons (Fsp3) is 0.192. The molecule has 0 saturated heterocycles. The molecule has 2 aromatic carbocycles. The third-order valence-corrected chi connectivity index (χ3v) is 5.81. The molecule has 0 atom stereocenters. The maximum Gasteiger partial charge on any atom is 0.199 e. The van der Waals surface area contributed by atoms with Crippen LogP contribution in [0.4, 0.5) is 11.5 Å². The molecule has 12 nitrogen and oxygen atoms in total. The van der Waals surface area contributed by atoms with Crippen molar-refractivity contribution >= 4 is 28.5 Å². The Morgan fingerprint density at radius 3 is 2.61 bits per heavy atom. The lowest BCUT2D eigenvalue weighted by molar-refractivity contribution is 0.310. The van der Waals surface area contributed by atoms with Crippen molar-refractivity contribution in [3.63, 3.8) is 0 Å². The Morgan fingerprint density at radius 2 is 1.89 bits per heavy atom. The Balaban J connectivity index is 1.38. The number of nitrogens with zero attached hydrogens (tertiary/aromatic N) is 6. The number of aromatic hydroxyl groups is 1. The van der Waals surface area contributed by atoms with Crippen molar-refractivity contribution in [2.75, 3.05) is 24.2 Å². The summed E-state index contributed by atoms with van der Waals surface area (Å²) in [7, 11) is 0. The molecule has 0 aliphatic carbocycles. The minimum atomic E-state index is 0.156. The SMILES string of the molecule is CCn1c(-c2nonc2N)nc2c(-c3ccccc3)ncc(OCCCN=C(N)Nc3ccc(O)cc3)c21. The number of nitrogens with one attached hydrogen (secondary N) is 1. The van der Waals surface area contributed by atoms with Crippen LogP contribution in [0.1, 0.15) is 13.3 Å². The van der Waals surface area contributed by atoms with Gasteiger partial charge in [-0.2, -0.15) is 0 Å². The van der Waals surface area contributed by atoms with Crippen LogP contribution in [0.15, 0.2) is 70.4 Å². The van der Waals surface area contributed by atoms with Crippen LogP contribution in [0.3, 0.4) is 0 Å². The number of phenols is 1. The van der Waals surface area contributed by atoms with Crippen molar-refractivity contribution in [3.05, 3.63) is 60.8 Å². The largest absolute Gasteiger partial charge is 0.508 e. The Kier molecular flexibility index (Phi) is 7.02. The highest BCUT2D eigenvalue weighted by Gasteiger charge is 2.23. The number of benzene rings is 2. The number of pyridine rings is 1. The molecule has 6 N–H and O–H groups in total. The Morgan fingerprint density at radius 1 is 1.11 bits per heavy atom. The quantitative estimate of drug-likeness (QED) is 0.0985. The fourth-order valence-electron chi connectivity index (χ4n) is 4.04. The van der Waals surface area contributed by atoms with Crippen molar-refractivity contribution in [2.24, 2.45) is 10.7 Å². The van der Waals surface area contributed by atoms with E-state index in [2.05, 4.69) is 25.6 Å². The third-order valence-electron chi connectivity index (χ3n) is 5.81. The van der Waals surface area contributed by atoms with Crippen LogP contribution in [0, 0.1) is 0 Å². The van der Waals surface area contributed by atoms with Crippen molar-refractivity contribution < 1.29 is 14.5 Å². The number of imidazole rings is 1. The van der Waals surface area contributed by atoms with E-state index < -0.39 is 0 Å². The molecular formula is C26H27N9O3. The number of aliphatic imine (C=N–C) groups is 1. The summed E-state index contributed by atoms with van der Waals surface area (Å²) in [5, 5.41) is 20.0. The van der Waals surface area contributed by atoms with Crippen LogP contribution in [0.5, 0.6) is 11.5 Å². The van der Waals surface area contributed by atoms with Gasteiger partial charge < -0.3 is 31.2 Å². The van der Waals surface area contributed by atoms with Crippen molar-refractivity contribution in [1.29, 1.82) is 0 Å². The summed E-state index contributed by atoms with van der Waals surface area (Å²) in [5.74, 6) is 1.72. The van der Waals surface area contributed by atoms with Crippen LogP contribution >= 0.6 is 0 Å². The zero-order valence-corrected chi connectivity index (χ0v) is 20.7. The molecule has 3 heterocycles. The molecule has 5 aromatic rings. The number of aryl methyl sites for hydroxylation is 1. The van der Waals surface area contributed by atoms with Gasteiger partial charge in [0, 0.05) is 30.8 Å². The highest BCUT2D eigenvalue weighted by molar-refractivity contribution is 5.96. The van der Waals surface area contributed by atoms with Crippen LogP contribution in [-0.2, 0) is 6.54 Å². The van der Waals surface area contributed by atoms with E-state index >= 15 is 0 Å². The first-order valence-electron chi connectivity index (χ1n) is 12.1. The molecule has 0 aliphatic heterocycles. The number of hydrogen-bond donors (Lipinski definition) is 4. The molecular weight excluding hydrogens is 486 g/mol. The third kappa shape index (κ3) is 5.05. The second kappa shape index (κ2) is 10.9. The van der Waals surface area contributed by atoms with E-state index in [0.717, 1.165) is 16.8 Å². The minimum absolute atomic E-state index is 0.156. The molecule has 5 rings (SSSR count). The molecule has 0 amide bonds. The molecule has 194 valence electrons. The number of hydrogen-bond acceptors (Lipinski definition) is 9. The molecule has 0 bridgehead atoms. The van der Waals surface area contributed by atoms with Gasteiger partial charge in [0.15, 0.2) is 29.0 Å². The number of aromatic nitrogens is 5. The van der Waals surface area contributed by atoms with Gasteiger partial charge in [0.2, 0.25) is 0 Å². The van der Waals surface area contributed by atoms with Gasteiger partial charge in [-0.3, -0.25) is 4.99 Å². The summed E-state index contributed by atoms with van der Waals surface area (Å²) in [6, 6.07) is 16.4. The molecule has 0 unspecified atom stereocenters. The standard InChI is InChI=1S/C26H27N9O3/c1-2-35-23-19(37-14-6-13-29-26(28)31-17-9-11-18(36)12-10-17)15-30-20(16-7-4-3-5-8-16)21(23)32-25(35)22-24(27)34-38-33-22/h3-5,7-12,15,36H,2,6,13-14H2,1H3,(H2,27,34)(H3,28,29,31). The van der Waals surface area contributed by atoms with Crippen molar-refractivity contribution in [2.45, 2.75) is 19.9 Å². The van der Waals surface area contributed by atoms with E-state index in [1.165, 1.54) is 0 Å². The van der Waals surface area contributed by atoms with Gasteiger partial charge >= 0.3 is 0 Å². The van der Waals surface area contributed by atoms with E-state index in [-0.39, 0.29) is 17.5 Å². The molecule has 0 fully saturated rings. The highest BCUT2D eigenvalue weighted by Crippen LogP contribution is 2.36. The van der Waals surface area contributed by atoms with E-state index in [1.807, 2.05) is 41.8 Å². The monoisotopic (exact) mass is 513 g/mol. The van der Waals surface area contributed by atoms with Gasteiger partial charge in [0.05, 0.1) is 18.5 Å². The number of guanidine groups is 1. The first-order valence-corrected chi connectivity index (χ1v) is 12.1. The number of phenolic OH excluding ortho intramolecular Hbond substituents is 1. The topological polar surface area (TPSA) is 176 Å². The fourth-order valence-corrected chi connectivity index (χ4v) is 4.04. The number of anilines is 2. The molecule has 12 heteroatoms. The van der Waals surface area contributed by atoms with Crippen LogP contribution in [-0.4, -0.2) is 49.1 Å². The second-order valence-corrected chi connectivity index (χ2v) is 8.35. The maximum absolute atomic E-state index is 9.39. The molecule has 0 radical (unpaired) electrons. The summed E-state index contributed by atoms with van der Waals surface area (Å²) < 4.78 is 12.9. The lowest BCUT2D eigenvalue weighted by Gasteiger charge is -2.11. The smallest absolute Gasteiger partial charge is 0.199 e.